The van der Waals surface area contributed by atoms with Crippen molar-refractivity contribution in [2.45, 2.75) is 302 Å². The molecular weight excluding hydrogens is 1020 g/mol. The van der Waals surface area contributed by atoms with E-state index in [9.17, 15) is 19.5 Å². The van der Waals surface area contributed by atoms with Gasteiger partial charge in [-0.1, -0.05) is 297 Å². The zero-order chi connectivity index (χ0) is 59.8. The number of carboxylic acids is 1. The van der Waals surface area contributed by atoms with E-state index < -0.39 is 24.3 Å². The molecule has 0 bridgehead atoms. The third-order valence-corrected chi connectivity index (χ3v) is 14.6. The predicted molar refractivity (Wildman–Crippen MR) is 350 cm³/mol. The zero-order valence-electron chi connectivity index (χ0n) is 53.9. The molecule has 0 aliphatic carbocycles. The molecule has 472 valence electrons. The Morgan fingerprint density at radius 3 is 1.04 bits per heavy atom. The molecule has 0 saturated heterocycles. The Morgan fingerprint density at radius 2 is 0.695 bits per heavy atom. The molecule has 0 spiro atoms. The number of ether oxygens (including phenoxy) is 4. The molecule has 2 unspecified atom stereocenters. The van der Waals surface area contributed by atoms with Crippen LogP contribution in [0, 0.1) is 0 Å². The van der Waals surface area contributed by atoms with Crippen LogP contribution in [-0.2, 0) is 33.3 Å². The van der Waals surface area contributed by atoms with Gasteiger partial charge in [0.1, 0.15) is 13.2 Å². The van der Waals surface area contributed by atoms with Crippen LogP contribution < -0.4 is 0 Å². The number of carbonyl (C=O) groups excluding carboxylic acids is 2. The first-order chi connectivity index (χ1) is 40.1. The number of carboxylic acid groups (broad SMARTS) is 1. The van der Waals surface area contributed by atoms with E-state index in [2.05, 4.69) is 111 Å². The van der Waals surface area contributed by atoms with E-state index >= 15 is 0 Å². The van der Waals surface area contributed by atoms with E-state index in [1.165, 1.54) is 173 Å². The van der Waals surface area contributed by atoms with Crippen molar-refractivity contribution in [1.29, 1.82) is 0 Å². The first kappa shape index (κ1) is 78.2. The van der Waals surface area contributed by atoms with Gasteiger partial charge in [-0.15, -0.1) is 0 Å². The fourth-order valence-corrected chi connectivity index (χ4v) is 9.44. The lowest BCUT2D eigenvalue weighted by atomic mass is 10.0. The second kappa shape index (κ2) is 63.2. The van der Waals surface area contributed by atoms with Gasteiger partial charge in [-0.2, -0.15) is 0 Å². The van der Waals surface area contributed by atoms with E-state index in [0.717, 1.165) is 89.9 Å². The molecule has 1 N–H and O–H groups in total. The number of rotatable bonds is 62. The molecule has 9 nitrogen and oxygen atoms in total. The van der Waals surface area contributed by atoms with Gasteiger partial charge in [-0.25, -0.2) is 4.79 Å². The van der Waals surface area contributed by atoms with Crippen molar-refractivity contribution in [3.8, 4) is 0 Å². The molecule has 0 amide bonds. The number of likely N-dealkylation sites (N-methyl/N-ethyl adjacent to an activating group) is 1. The number of hydrogen-bond acceptors (Lipinski definition) is 7. The molecule has 0 aliphatic heterocycles. The minimum Gasteiger partial charge on any atom is -0.477 e. The van der Waals surface area contributed by atoms with E-state index in [0.29, 0.717) is 17.4 Å². The first-order valence-corrected chi connectivity index (χ1v) is 33.9. The standard InChI is InChI=1S/C73H127NO8/c1-6-8-10-12-14-16-18-20-22-24-25-26-27-28-29-30-31-32-33-34-35-36-37-38-39-40-41-42-43-44-45-46-47-48-50-52-54-56-58-60-62-64-71(76)82-69(68-81-73(72(77)78)79-66-65-74(3,4)5)67-80-70(75)63-61-59-57-55-53-51-49-23-21-19-17-15-13-11-9-7-2/h8,10,14,16,20,22,25-26,28-29,31-32,34-35,37-38,69,73H,6-7,9,11-13,15,17-19,21,23-24,27,30,33,36,39-68H2,1-5H3/p+1/b10-8-,16-14-,22-20-,26-25-,29-28-,32-31-,35-34-,38-37-. The highest BCUT2D eigenvalue weighted by atomic mass is 16.7. The summed E-state index contributed by atoms with van der Waals surface area (Å²) >= 11 is 0. The minimum absolute atomic E-state index is 0.180. The molecule has 0 rings (SSSR count). The van der Waals surface area contributed by atoms with Crippen LogP contribution in [-0.4, -0.2) is 87.4 Å². The molecule has 9 heteroatoms. The van der Waals surface area contributed by atoms with Crippen molar-refractivity contribution in [3.05, 3.63) is 97.2 Å². The van der Waals surface area contributed by atoms with E-state index in [-0.39, 0.29) is 32.2 Å². The van der Waals surface area contributed by atoms with Crippen molar-refractivity contribution >= 4 is 17.9 Å². The number of esters is 2. The Kier molecular flexibility index (Phi) is 60.3. The number of quaternary nitrogens is 1. The number of nitrogens with zero attached hydrogens (tertiary/aromatic N) is 1. The normalized spacial score (nSPS) is 13.3. The second-order valence-corrected chi connectivity index (χ2v) is 23.8. The summed E-state index contributed by atoms with van der Waals surface area (Å²) in [5, 5.41) is 9.72. The maximum atomic E-state index is 12.9. The topological polar surface area (TPSA) is 108 Å². The lowest BCUT2D eigenvalue weighted by Gasteiger charge is -2.25. The molecule has 0 aromatic rings. The number of unbranched alkanes of at least 4 members (excludes halogenated alkanes) is 31. The molecule has 0 saturated carbocycles. The summed E-state index contributed by atoms with van der Waals surface area (Å²) < 4.78 is 22.9. The molecular formula is C73H128NO8+. The summed E-state index contributed by atoms with van der Waals surface area (Å²) in [4.78, 5) is 37.5. The van der Waals surface area contributed by atoms with Crippen molar-refractivity contribution in [2.24, 2.45) is 0 Å². The van der Waals surface area contributed by atoms with E-state index in [1.807, 2.05) is 21.1 Å². The average molecular weight is 1150 g/mol. The number of allylic oxidation sites excluding steroid dienone is 16. The summed E-state index contributed by atoms with van der Waals surface area (Å²) in [6.07, 6.45) is 83.7. The Balaban J connectivity index is 4.03. The predicted octanol–water partition coefficient (Wildman–Crippen LogP) is 20.9. The van der Waals surface area contributed by atoms with Gasteiger partial charge in [-0.3, -0.25) is 9.59 Å². The maximum Gasteiger partial charge on any atom is 0.361 e. The highest BCUT2D eigenvalue weighted by Gasteiger charge is 2.25. The molecule has 0 fully saturated rings. The van der Waals surface area contributed by atoms with Crippen LogP contribution in [0.1, 0.15) is 290 Å². The van der Waals surface area contributed by atoms with Crippen LogP contribution in [0.4, 0.5) is 0 Å². The van der Waals surface area contributed by atoms with E-state index in [1.54, 1.807) is 0 Å². The number of hydrogen-bond donors (Lipinski definition) is 1. The first-order valence-electron chi connectivity index (χ1n) is 33.9. The third kappa shape index (κ3) is 63.8. The molecule has 0 aromatic carbocycles. The summed E-state index contributed by atoms with van der Waals surface area (Å²) in [6.45, 7) is 4.79. The Bertz CT molecular complexity index is 1670. The van der Waals surface area contributed by atoms with E-state index in [4.69, 9.17) is 18.9 Å². The molecule has 0 heterocycles. The summed E-state index contributed by atoms with van der Waals surface area (Å²) in [7, 11) is 5.98. The van der Waals surface area contributed by atoms with Gasteiger partial charge in [0.2, 0.25) is 0 Å². The Labute approximate surface area is 505 Å². The average Bonchev–Trinajstić information content (AvgIpc) is 3.45. The third-order valence-electron chi connectivity index (χ3n) is 14.6. The summed E-state index contributed by atoms with van der Waals surface area (Å²) in [5.74, 6) is -1.99. The minimum atomic E-state index is -1.51. The van der Waals surface area contributed by atoms with Crippen LogP contribution in [0.2, 0.25) is 0 Å². The van der Waals surface area contributed by atoms with Gasteiger partial charge >= 0.3 is 17.9 Å². The quantitative estimate of drug-likeness (QED) is 0.0211. The molecule has 0 aromatic heterocycles. The maximum absolute atomic E-state index is 12.9. The molecule has 0 aliphatic rings. The molecule has 0 radical (unpaired) electrons. The van der Waals surface area contributed by atoms with Crippen molar-refractivity contribution in [3.63, 3.8) is 0 Å². The molecule has 82 heavy (non-hydrogen) atoms. The SMILES string of the molecule is CC/C=C\C/C=C\C/C=C\C/C=C\C/C=C\C/C=C\C/C=C\C/C=C\CCCCCCCCCCCCCCCCCCC(=O)OC(COC(=O)CCCCCCCCCCCCCCCCCC)COC(OCC[N+](C)(C)C)C(=O)O. The van der Waals surface area contributed by atoms with Crippen LogP contribution in [0.3, 0.4) is 0 Å². The van der Waals surface area contributed by atoms with Gasteiger partial charge in [-0.05, 0) is 77.0 Å². The Morgan fingerprint density at radius 1 is 0.378 bits per heavy atom. The molecule has 2 atom stereocenters. The second-order valence-electron chi connectivity index (χ2n) is 23.8. The lowest BCUT2D eigenvalue weighted by molar-refractivity contribution is -0.870. The fraction of sp³-hybridized carbons (Fsp3) is 0.740. The summed E-state index contributed by atoms with van der Waals surface area (Å²) in [5.41, 5.74) is 0. The smallest absolute Gasteiger partial charge is 0.361 e. The van der Waals surface area contributed by atoms with Gasteiger partial charge in [0, 0.05) is 12.8 Å². The van der Waals surface area contributed by atoms with Crippen molar-refractivity contribution < 1.29 is 42.9 Å². The number of aliphatic carboxylic acids is 1. The lowest BCUT2D eigenvalue weighted by Crippen LogP contribution is -2.40. The van der Waals surface area contributed by atoms with Crippen LogP contribution >= 0.6 is 0 Å². The highest BCUT2D eigenvalue weighted by Crippen LogP contribution is 2.17. The van der Waals surface area contributed by atoms with Crippen LogP contribution in [0.15, 0.2) is 97.2 Å². The van der Waals surface area contributed by atoms with Gasteiger partial charge in [0.25, 0.3) is 6.29 Å². The Hall–Kier alpha value is -3.79. The van der Waals surface area contributed by atoms with Crippen molar-refractivity contribution in [1.82, 2.24) is 0 Å². The van der Waals surface area contributed by atoms with Crippen LogP contribution in [0.5, 0.6) is 0 Å². The monoisotopic (exact) mass is 1150 g/mol. The van der Waals surface area contributed by atoms with Crippen LogP contribution in [0.25, 0.3) is 0 Å². The summed E-state index contributed by atoms with van der Waals surface area (Å²) in [6, 6.07) is 0. The van der Waals surface area contributed by atoms with Gasteiger partial charge in [0.05, 0.1) is 34.4 Å². The van der Waals surface area contributed by atoms with Gasteiger partial charge in [0.15, 0.2) is 6.10 Å². The highest BCUT2D eigenvalue weighted by molar-refractivity contribution is 5.71. The van der Waals surface area contributed by atoms with Crippen molar-refractivity contribution in [2.75, 3.05) is 47.5 Å². The largest absolute Gasteiger partial charge is 0.477 e. The number of carbonyl (C=O) groups is 3. The zero-order valence-corrected chi connectivity index (χ0v) is 53.9. The van der Waals surface area contributed by atoms with Gasteiger partial charge < -0.3 is 28.5 Å². The fourth-order valence-electron chi connectivity index (χ4n) is 9.44.